The van der Waals surface area contributed by atoms with Gasteiger partial charge in [0.05, 0.1) is 12.0 Å². The Morgan fingerprint density at radius 2 is 2.04 bits per heavy atom. The Hall–Kier alpha value is -2.83. The molecule has 0 fully saturated rings. The summed E-state index contributed by atoms with van der Waals surface area (Å²) < 4.78 is 7.15. The van der Waals surface area contributed by atoms with Crippen LogP contribution in [0.5, 0.6) is 5.75 Å². The number of thiazole rings is 1. The molecule has 27 heavy (non-hydrogen) atoms. The summed E-state index contributed by atoms with van der Waals surface area (Å²) in [4.78, 5) is 18.6. The number of imidazole rings is 1. The third kappa shape index (κ3) is 3.82. The molecule has 0 atom stereocenters. The van der Waals surface area contributed by atoms with Crippen LogP contribution in [0.15, 0.2) is 60.9 Å². The first-order chi connectivity index (χ1) is 13.1. The zero-order valence-corrected chi connectivity index (χ0v) is 16.1. The molecular weight excluding hydrogens is 382 g/mol. The third-order valence-electron chi connectivity index (χ3n) is 4.11. The van der Waals surface area contributed by atoms with Gasteiger partial charge in [-0.05, 0) is 35.4 Å². The average Bonchev–Trinajstić information content (AvgIpc) is 3.27. The van der Waals surface area contributed by atoms with Gasteiger partial charge in [0.1, 0.15) is 11.4 Å². The lowest BCUT2D eigenvalue weighted by Gasteiger charge is -2.03. The van der Waals surface area contributed by atoms with Crippen LogP contribution < -0.4 is 10.1 Å². The average molecular weight is 398 g/mol. The molecule has 0 aliphatic rings. The Balaban J connectivity index is 1.49. The number of aromatic nitrogens is 2. The van der Waals surface area contributed by atoms with E-state index in [1.165, 1.54) is 11.3 Å². The highest BCUT2D eigenvalue weighted by molar-refractivity contribution is 7.20. The van der Waals surface area contributed by atoms with Crippen LogP contribution in [-0.4, -0.2) is 22.4 Å². The van der Waals surface area contributed by atoms with Crippen molar-refractivity contribution in [1.82, 2.24) is 14.7 Å². The summed E-state index contributed by atoms with van der Waals surface area (Å²) in [6.45, 7) is 0.427. The number of methoxy groups -OCH3 is 1. The van der Waals surface area contributed by atoms with Gasteiger partial charge in [0.25, 0.3) is 5.91 Å². The molecule has 0 aliphatic heterocycles. The molecule has 0 unspecified atom stereocenters. The van der Waals surface area contributed by atoms with Crippen molar-refractivity contribution in [2.75, 3.05) is 7.11 Å². The Labute approximate surface area is 165 Å². The quantitative estimate of drug-likeness (QED) is 0.533. The largest absolute Gasteiger partial charge is 0.497 e. The van der Waals surface area contributed by atoms with Crippen LogP contribution in [0, 0.1) is 0 Å². The number of fused-ring (bicyclic) bond motifs is 1. The van der Waals surface area contributed by atoms with Crippen LogP contribution in [0.4, 0.5) is 0 Å². The summed E-state index contributed by atoms with van der Waals surface area (Å²) >= 11 is 7.40. The summed E-state index contributed by atoms with van der Waals surface area (Å²) in [6, 6.07) is 15.2. The Bertz CT molecular complexity index is 1070. The number of nitrogens with one attached hydrogen (secondary N) is 1. The van der Waals surface area contributed by atoms with Crippen LogP contribution >= 0.6 is 22.9 Å². The maximum atomic E-state index is 12.4. The molecule has 0 radical (unpaired) electrons. The lowest BCUT2D eigenvalue weighted by molar-refractivity contribution is 0.0946. The second-order valence-corrected chi connectivity index (χ2v) is 7.40. The van der Waals surface area contributed by atoms with Gasteiger partial charge in [-0.15, -0.1) is 0 Å². The third-order valence-corrected chi connectivity index (χ3v) is 5.41. The normalized spacial score (nSPS) is 10.9. The molecule has 7 heteroatoms. The molecule has 136 valence electrons. The van der Waals surface area contributed by atoms with Crippen molar-refractivity contribution < 1.29 is 9.53 Å². The van der Waals surface area contributed by atoms with Crippen molar-refractivity contribution in [3.05, 3.63) is 77.2 Å². The molecule has 0 bridgehead atoms. The number of hydrogen-bond acceptors (Lipinski definition) is 4. The number of ether oxygens (including phenoxy) is 1. The molecule has 1 amide bonds. The minimum Gasteiger partial charge on any atom is -0.497 e. The smallest absolute Gasteiger partial charge is 0.271 e. The summed E-state index contributed by atoms with van der Waals surface area (Å²) in [6.07, 6.45) is 3.71. The molecule has 4 rings (SSSR count). The number of rotatable bonds is 5. The van der Waals surface area contributed by atoms with E-state index >= 15 is 0 Å². The number of nitrogens with zero attached hydrogens (tertiary/aromatic N) is 2. The summed E-state index contributed by atoms with van der Waals surface area (Å²) in [5, 5.41) is 3.55. The van der Waals surface area contributed by atoms with E-state index in [4.69, 9.17) is 16.3 Å². The van der Waals surface area contributed by atoms with Gasteiger partial charge in [0, 0.05) is 24.0 Å². The SMILES string of the molecule is COc1cccc(-c2cn3cc(C(=O)NCc4ccc(Cl)cc4)nc3s2)c1. The van der Waals surface area contributed by atoms with Crippen molar-refractivity contribution in [3.63, 3.8) is 0 Å². The number of halogens is 1. The summed E-state index contributed by atoms with van der Waals surface area (Å²) in [5.41, 5.74) is 2.43. The number of carbonyl (C=O) groups excluding carboxylic acids is 1. The highest BCUT2D eigenvalue weighted by Crippen LogP contribution is 2.30. The predicted octanol–water partition coefficient (Wildman–Crippen LogP) is 4.65. The topological polar surface area (TPSA) is 55.6 Å². The number of hydrogen-bond donors (Lipinski definition) is 1. The molecule has 0 saturated heterocycles. The highest BCUT2D eigenvalue weighted by atomic mass is 35.5. The fourth-order valence-electron chi connectivity index (χ4n) is 2.69. The van der Waals surface area contributed by atoms with Crippen LogP contribution in [0.25, 0.3) is 15.4 Å². The van der Waals surface area contributed by atoms with Crippen molar-refractivity contribution in [1.29, 1.82) is 0 Å². The molecule has 2 aromatic carbocycles. The minimum absolute atomic E-state index is 0.205. The highest BCUT2D eigenvalue weighted by Gasteiger charge is 2.13. The van der Waals surface area contributed by atoms with Crippen molar-refractivity contribution in [2.45, 2.75) is 6.54 Å². The molecule has 5 nitrogen and oxygen atoms in total. The minimum atomic E-state index is -0.205. The van der Waals surface area contributed by atoms with E-state index in [0.29, 0.717) is 17.3 Å². The number of amides is 1. The fourth-order valence-corrected chi connectivity index (χ4v) is 3.78. The molecule has 4 aromatic rings. The van der Waals surface area contributed by atoms with Gasteiger partial charge >= 0.3 is 0 Å². The number of carbonyl (C=O) groups is 1. The second kappa shape index (κ2) is 7.42. The monoisotopic (exact) mass is 397 g/mol. The van der Waals surface area contributed by atoms with Gasteiger partial charge in [0.2, 0.25) is 0 Å². The standard InChI is InChI=1S/C20H16ClN3O2S/c1-26-16-4-2-3-14(9-16)18-12-24-11-17(23-20(24)27-18)19(25)22-10-13-5-7-15(21)8-6-13/h2-9,11-12H,10H2,1H3,(H,22,25). The zero-order valence-electron chi connectivity index (χ0n) is 14.5. The van der Waals surface area contributed by atoms with Gasteiger partial charge in [0.15, 0.2) is 4.96 Å². The van der Waals surface area contributed by atoms with Crippen LogP contribution in [-0.2, 0) is 6.54 Å². The molecule has 0 saturated carbocycles. The van der Waals surface area contributed by atoms with Crippen molar-refractivity contribution in [3.8, 4) is 16.2 Å². The van der Waals surface area contributed by atoms with Gasteiger partial charge in [-0.2, -0.15) is 0 Å². The van der Waals surface area contributed by atoms with Crippen molar-refractivity contribution in [2.24, 2.45) is 0 Å². The first-order valence-corrected chi connectivity index (χ1v) is 9.47. The Morgan fingerprint density at radius 3 is 2.78 bits per heavy atom. The van der Waals surface area contributed by atoms with Gasteiger partial charge in [-0.25, -0.2) is 4.98 Å². The molecule has 2 heterocycles. The van der Waals surface area contributed by atoms with Gasteiger partial charge < -0.3 is 10.1 Å². The maximum Gasteiger partial charge on any atom is 0.271 e. The summed E-state index contributed by atoms with van der Waals surface area (Å²) in [5.74, 6) is 0.601. The molecular formula is C20H16ClN3O2S. The zero-order chi connectivity index (χ0) is 18.8. The molecule has 0 aliphatic carbocycles. The first-order valence-electron chi connectivity index (χ1n) is 8.28. The van der Waals surface area contributed by atoms with E-state index < -0.39 is 0 Å². The van der Waals surface area contributed by atoms with Gasteiger partial charge in [-0.1, -0.05) is 47.2 Å². The van der Waals surface area contributed by atoms with Crippen LogP contribution in [0.3, 0.4) is 0 Å². The van der Waals surface area contributed by atoms with E-state index in [2.05, 4.69) is 10.3 Å². The Kier molecular flexibility index (Phi) is 4.83. The van der Waals surface area contributed by atoms with E-state index in [-0.39, 0.29) is 5.91 Å². The van der Waals surface area contributed by atoms with E-state index in [1.807, 2.05) is 47.0 Å². The fraction of sp³-hybridized carbons (Fsp3) is 0.100. The maximum absolute atomic E-state index is 12.4. The van der Waals surface area contributed by atoms with Gasteiger partial charge in [-0.3, -0.25) is 9.20 Å². The summed E-state index contributed by atoms with van der Waals surface area (Å²) in [7, 11) is 1.65. The molecule has 2 aromatic heterocycles. The second-order valence-electron chi connectivity index (χ2n) is 5.95. The van der Waals surface area contributed by atoms with Crippen molar-refractivity contribution >= 4 is 33.8 Å². The predicted molar refractivity (Wildman–Crippen MR) is 108 cm³/mol. The van der Waals surface area contributed by atoms with Crippen LogP contribution in [0.2, 0.25) is 5.02 Å². The lowest BCUT2D eigenvalue weighted by atomic mass is 10.2. The molecule has 0 spiro atoms. The molecule has 1 N–H and O–H groups in total. The van der Waals surface area contributed by atoms with E-state index in [9.17, 15) is 4.79 Å². The van der Waals surface area contributed by atoms with E-state index in [1.54, 1.807) is 25.4 Å². The van der Waals surface area contributed by atoms with E-state index in [0.717, 1.165) is 26.7 Å². The first kappa shape index (κ1) is 17.6. The Morgan fingerprint density at radius 1 is 1.22 bits per heavy atom. The number of benzene rings is 2. The van der Waals surface area contributed by atoms with Crippen LogP contribution in [0.1, 0.15) is 16.1 Å². The lowest BCUT2D eigenvalue weighted by Crippen LogP contribution is -2.23.